The van der Waals surface area contributed by atoms with Crippen molar-refractivity contribution in [2.24, 2.45) is 0 Å². The van der Waals surface area contributed by atoms with Crippen molar-refractivity contribution in [1.82, 2.24) is 19.7 Å². The fraction of sp³-hybridized carbons (Fsp3) is 0.364. The molecule has 0 saturated heterocycles. The van der Waals surface area contributed by atoms with Crippen molar-refractivity contribution in [3.8, 4) is 0 Å². The number of rotatable bonds is 10. The van der Waals surface area contributed by atoms with E-state index in [1.54, 1.807) is 24.1 Å². The standard InChI is InChI=1S/C22H27FN6O2/c1-4-9-29-18(10-15(2)27-29)13-28(3)22-20(23)21(25-14-26-22)24-12-17-7-5-16(6-8-17)11-19(30)31/h5-8,10,14H,4,9,11-13H2,1-3H3,(H,30,31)(H,24,25,26). The number of aliphatic carboxylic acids is 1. The first-order valence-electron chi connectivity index (χ1n) is 10.2. The number of hydrogen-bond donors (Lipinski definition) is 2. The van der Waals surface area contributed by atoms with Crippen LogP contribution in [0.1, 0.15) is 35.9 Å². The van der Waals surface area contributed by atoms with Crippen LogP contribution in [0.3, 0.4) is 0 Å². The second-order valence-corrected chi connectivity index (χ2v) is 7.46. The maximum absolute atomic E-state index is 15.1. The summed E-state index contributed by atoms with van der Waals surface area (Å²) < 4.78 is 17.0. The summed E-state index contributed by atoms with van der Waals surface area (Å²) in [6.07, 6.45) is 2.27. The summed E-state index contributed by atoms with van der Waals surface area (Å²) in [5.74, 6) is -1.08. The van der Waals surface area contributed by atoms with Crippen molar-refractivity contribution in [1.29, 1.82) is 0 Å². The topological polar surface area (TPSA) is 96.2 Å². The molecule has 0 unspecified atom stereocenters. The van der Waals surface area contributed by atoms with E-state index in [4.69, 9.17) is 5.11 Å². The molecule has 2 N–H and O–H groups in total. The number of carboxylic acids is 1. The van der Waals surface area contributed by atoms with Crippen molar-refractivity contribution in [2.75, 3.05) is 17.3 Å². The third kappa shape index (κ3) is 5.78. The molecule has 3 aromatic rings. The first-order chi connectivity index (χ1) is 14.9. The first-order valence-corrected chi connectivity index (χ1v) is 10.2. The minimum absolute atomic E-state index is 0.0272. The van der Waals surface area contributed by atoms with Crippen LogP contribution in [0, 0.1) is 12.7 Å². The number of aromatic nitrogens is 4. The Morgan fingerprint density at radius 1 is 1.23 bits per heavy atom. The normalized spacial score (nSPS) is 10.8. The smallest absolute Gasteiger partial charge is 0.307 e. The van der Waals surface area contributed by atoms with Gasteiger partial charge in [-0.25, -0.2) is 9.97 Å². The fourth-order valence-electron chi connectivity index (χ4n) is 3.33. The Bertz CT molecular complexity index is 1030. The van der Waals surface area contributed by atoms with Gasteiger partial charge in [-0.05, 0) is 30.5 Å². The zero-order valence-electron chi connectivity index (χ0n) is 18.0. The van der Waals surface area contributed by atoms with E-state index < -0.39 is 11.8 Å². The monoisotopic (exact) mass is 426 g/mol. The number of carboxylic acid groups (broad SMARTS) is 1. The van der Waals surface area contributed by atoms with Gasteiger partial charge in [0.2, 0.25) is 5.82 Å². The SMILES string of the molecule is CCCn1nc(C)cc1CN(C)c1ncnc(NCc2ccc(CC(=O)O)cc2)c1F. The molecule has 3 rings (SSSR count). The lowest BCUT2D eigenvalue weighted by Gasteiger charge is -2.20. The molecule has 8 nitrogen and oxygen atoms in total. The summed E-state index contributed by atoms with van der Waals surface area (Å²) in [5.41, 5.74) is 3.53. The molecule has 0 aliphatic rings. The molecule has 2 heterocycles. The average Bonchev–Trinajstić information content (AvgIpc) is 3.06. The minimum atomic E-state index is -0.876. The van der Waals surface area contributed by atoms with E-state index in [0.717, 1.165) is 29.9 Å². The van der Waals surface area contributed by atoms with E-state index in [2.05, 4.69) is 27.3 Å². The Morgan fingerprint density at radius 2 is 1.94 bits per heavy atom. The second kappa shape index (κ2) is 10.0. The van der Waals surface area contributed by atoms with Gasteiger partial charge < -0.3 is 15.3 Å². The number of nitrogens with zero attached hydrogens (tertiary/aromatic N) is 5. The number of benzene rings is 1. The molecule has 31 heavy (non-hydrogen) atoms. The Morgan fingerprint density at radius 3 is 2.61 bits per heavy atom. The highest BCUT2D eigenvalue weighted by molar-refractivity contribution is 5.70. The highest BCUT2D eigenvalue weighted by atomic mass is 19.1. The van der Waals surface area contributed by atoms with Crippen LogP contribution in [0.15, 0.2) is 36.7 Å². The largest absolute Gasteiger partial charge is 0.481 e. The van der Waals surface area contributed by atoms with E-state index in [1.165, 1.54) is 6.33 Å². The summed E-state index contributed by atoms with van der Waals surface area (Å²) in [4.78, 5) is 20.7. The molecule has 0 fully saturated rings. The highest BCUT2D eigenvalue weighted by Crippen LogP contribution is 2.22. The predicted octanol–water partition coefficient (Wildman–Crippen LogP) is 3.41. The molecule has 0 radical (unpaired) electrons. The zero-order chi connectivity index (χ0) is 22.4. The summed E-state index contributed by atoms with van der Waals surface area (Å²) in [7, 11) is 1.79. The van der Waals surface area contributed by atoms with Crippen LogP contribution in [0.4, 0.5) is 16.0 Å². The molecule has 9 heteroatoms. The number of halogens is 1. The molecule has 0 amide bonds. The van der Waals surface area contributed by atoms with Crippen molar-refractivity contribution < 1.29 is 14.3 Å². The maximum atomic E-state index is 15.1. The van der Waals surface area contributed by atoms with Crippen LogP contribution < -0.4 is 10.2 Å². The van der Waals surface area contributed by atoms with Crippen LogP contribution in [0.2, 0.25) is 0 Å². The number of anilines is 2. The molecule has 0 atom stereocenters. The molecule has 0 aliphatic heterocycles. The lowest BCUT2D eigenvalue weighted by Crippen LogP contribution is -2.22. The number of nitrogens with one attached hydrogen (secondary N) is 1. The van der Waals surface area contributed by atoms with Crippen LogP contribution in [-0.2, 0) is 30.8 Å². The van der Waals surface area contributed by atoms with Gasteiger partial charge in [0, 0.05) is 20.1 Å². The average molecular weight is 426 g/mol. The van der Waals surface area contributed by atoms with Gasteiger partial charge in [0.15, 0.2) is 11.6 Å². The van der Waals surface area contributed by atoms with Gasteiger partial charge in [0.1, 0.15) is 6.33 Å². The van der Waals surface area contributed by atoms with Crippen LogP contribution >= 0.6 is 0 Å². The minimum Gasteiger partial charge on any atom is -0.481 e. The Hall–Kier alpha value is -3.49. The summed E-state index contributed by atoms with van der Waals surface area (Å²) in [6, 6.07) is 9.13. The van der Waals surface area contributed by atoms with E-state index in [1.807, 2.05) is 29.8 Å². The van der Waals surface area contributed by atoms with Gasteiger partial charge in [-0.3, -0.25) is 9.48 Å². The van der Waals surface area contributed by atoms with Gasteiger partial charge >= 0.3 is 5.97 Å². The van der Waals surface area contributed by atoms with E-state index >= 15 is 4.39 Å². The predicted molar refractivity (Wildman–Crippen MR) is 116 cm³/mol. The molecular weight excluding hydrogens is 399 g/mol. The molecular formula is C22H27FN6O2. The van der Waals surface area contributed by atoms with Crippen LogP contribution in [-0.4, -0.2) is 37.9 Å². The van der Waals surface area contributed by atoms with Crippen molar-refractivity contribution in [3.63, 3.8) is 0 Å². The third-order valence-electron chi connectivity index (χ3n) is 4.79. The number of aryl methyl sites for hydroxylation is 2. The zero-order valence-corrected chi connectivity index (χ0v) is 18.0. The molecule has 1 aromatic carbocycles. The third-order valence-corrected chi connectivity index (χ3v) is 4.79. The van der Waals surface area contributed by atoms with Crippen molar-refractivity contribution in [3.05, 3.63) is 65.0 Å². The molecule has 0 saturated carbocycles. The van der Waals surface area contributed by atoms with Crippen molar-refractivity contribution in [2.45, 2.75) is 46.3 Å². The van der Waals surface area contributed by atoms with Crippen molar-refractivity contribution >= 4 is 17.6 Å². The van der Waals surface area contributed by atoms with Gasteiger partial charge in [-0.1, -0.05) is 31.2 Å². The highest BCUT2D eigenvalue weighted by Gasteiger charge is 2.17. The van der Waals surface area contributed by atoms with Gasteiger partial charge in [-0.15, -0.1) is 0 Å². The number of hydrogen-bond acceptors (Lipinski definition) is 6. The summed E-state index contributed by atoms with van der Waals surface area (Å²) >= 11 is 0. The van der Waals surface area contributed by atoms with E-state index in [-0.39, 0.29) is 18.1 Å². The summed E-state index contributed by atoms with van der Waals surface area (Å²) in [5, 5.41) is 16.3. The van der Waals surface area contributed by atoms with Gasteiger partial charge in [-0.2, -0.15) is 9.49 Å². The first kappa shape index (κ1) is 22.2. The van der Waals surface area contributed by atoms with Gasteiger partial charge in [0.05, 0.1) is 24.4 Å². The maximum Gasteiger partial charge on any atom is 0.307 e. The van der Waals surface area contributed by atoms with Gasteiger partial charge in [0.25, 0.3) is 0 Å². The molecule has 0 spiro atoms. The van der Waals surface area contributed by atoms with Crippen LogP contribution in [0.25, 0.3) is 0 Å². The Balaban J connectivity index is 1.69. The quantitative estimate of drug-likeness (QED) is 0.513. The lowest BCUT2D eigenvalue weighted by molar-refractivity contribution is -0.136. The molecule has 2 aromatic heterocycles. The molecule has 0 aliphatic carbocycles. The summed E-state index contributed by atoms with van der Waals surface area (Å²) in [6.45, 7) is 5.66. The molecule has 164 valence electrons. The lowest BCUT2D eigenvalue weighted by atomic mass is 10.1. The van der Waals surface area contributed by atoms with E-state index in [0.29, 0.717) is 18.7 Å². The number of carbonyl (C=O) groups is 1. The van der Waals surface area contributed by atoms with E-state index in [9.17, 15) is 4.79 Å². The van der Waals surface area contributed by atoms with Crippen LogP contribution in [0.5, 0.6) is 0 Å². The Labute approximate surface area is 180 Å². The second-order valence-electron chi connectivity index (χ2n) is 7.46. The molecule has 0 bridgehead atoms. The fourth-order valence-corrected chi connectivity index (χ4v) is 3.33. The Kier molecular flexibility index (Phi) is 7.17.